The molecule has 2 aromatic heterocycles. The van der Waals surface area contributed by atoms with Crippen LogP contribution in [0.4, 0.5) is 5.82 Å². The second-order valence-corrected chi connectivity index (χ2v) is 9.60. The minimum absolute atomic E-state index is 0.100. The summed E-state index contributed by atoms with van der Waals surface area (Å²) in [6, 6.07) is 10.9. The molecular weight excluding hydrogens is 427 g/mol. The monoisotopic (exact) mass is 448 g/mol. The van der Waals surface area contributed by atoms with E-state index in [1.54, 1.807) is 22.7 Å². The number of fused-ring (bicyclic) bond motifs is 1. The molecule has 1 aliphatic rings. The lowest BCUT2D eigenvalue weighted by atomic mass is 9.80. The Morgan fingerprint density at radius 1 is 1.21 bits per heavy atom. The normalized spacial score (nSPS) is 16.3. The van der Waals surface area contributed by atoms with Crippen molar-refractivity contribution in [1.29, 1.82) is 0 Å². The highest BCUT2D eigenvalue weighted by molar-refractivity contribution is 7.99. The zero-order valence-electron chi connectivity index (χ0n) is 16.1. The van der Waals surface area contributed by atoms with Gasteiger partial charge in [-0.05, 0) is 49.1 Å². The summed E-state index contributed by atoms with van der Waals surface area (Å²) in [5.74, 6) is 0.729. The van der Waals surface area contributed by atoms with Gasteiger partial charge in [0.2, 0.25) is 0 Å². The summed E-state index contributed by atoms with van der Waals surface area (Å²) < 4.78 is 1.57. The second kappa shape index (κ2) is 8.19. The molecule has 0 saturated carbocycles. The Labute approximate surface area is 183 Å². The van der Waals surface area contributed by atoms with Crippen molar-refractivity contribution in [2.75, 3.05) is 24.5 Å². The highest BCUT2D eigenvalue weighted by Crippen LogP contribution is 2.37. The average molecular weight is 449 g/mol. The van der Waals surface area contributed by atoms with Crippen LogP contribution >= 0.6 is 35.0 Å². The zero-order valence-corrected chi connectivity index (χ0v) is 18.4. The third kappa shape index (κ3) is 4.26. The molecule has 0 aliphatic carbocycles. The van der Waals surface area contributed by atoms with E-state index in [0.29, 0.717) is 22.2 Å². The molecule has 29 heavy (non-hydrogen) atoms. The molecule has 0 amide bonds. The molecule has 152 valence electrons. The Bertz CT molecular complexity index is 1110. The van der Waals surface area contributed by atoms with Crippen molar-refractivity contribution < 1.29 is 0 Å². The first-order valence-electron chi connectivity index (χ1n) is 9.49. The van der Waals surface area contributed by atoms with Gasteiger partial charge in [0, 0.05) is 35.1 Å². The molecule has 3 aromatic rings. The summed E-state index contributed by atoms with van der Waals surface area (Å²) in [5, 5.41) is 1.02. The van der Waals surface area contributed by atoms with Gasteiger partial charge < -0.3 is 10.6 Å². The van der Waals surface area contributed by atoms with Gasteiger partial charge in [-0.15, -0.1) is 0 Å². The van der Waals surface area contributed by atoms with Gasteiger partial charge in [-0.2, -0.15) is 0 Å². The standard InChI is InChI=1S/C21H22Cl2N4OS/c1-21(13-24)7-9-26(10-8-21)18-11-19(28)27-12-14(5-6-17(27)25-18)29-16-4-2-3-15(22)20(16)23/h2-6,11-12H,7-10,13,24H2,1H3. The number of anilines is 1. The maximum absolute atomic E-state index is 12.8. The average Bonchev–Trinajstić information content (AvgIpc) is 2.72. The van der Waals surface area contributed by atoms with E-state index in [0.717, 1.165) is 41.5 Å². The van der Waals surface area contributed by atoms with Gasteiger partial charge in [0.25, 0.3) is 5.56 Å². The van der Waals surface area contributed by atoms with E-state index in [1.165, 1.54) is 11.8 Å². The van der Waals surface area contributed by atoms with Gasteiger partial charge in [-0.3, -0.25) is 9.20 Å². The van der Waals surface area contributed by atoms with E-state index in [4.69, 9.17) is 33.9 Å². The SMILES string of the molecule is CC1(CN)CCN(c2cc(=O)n3cc(Sc4cccc(Cl)c4Cl)ccc3n2)CC1. The number of aromatic nitrogens is 2. The summed E-state index contributed by atoms with van der Waals surface area (Å²) in [6.45, 7) is 4.62. The quantitative estimate of drug-likeness (QED) is 0.625. The van der Waals surface area contributed by atoms with E-state index in [9.17, 15) is 4.79 Å². The number of rotatable bonds is 4. The Morgan fingerprint density at radius 2 is 1.97 bits per heavy atom. The van der Waals surface area contributed by atoms with Crippen LogP contribution in [-0.4, -0.2) is 29.0 Å². The topological polar surface area (TPSA) is 63.6 Å². The molecule has 8 heteroatoms. The van der Waals surface area contributed by atoms with Crippen LogP contribution in [0.2, 0.25) is 10.0 Å². The number of nitrogens with two attached hydrogens (primary N) is 1. The number of halogens is 2. The van der Waals surface area contributed by atoms with Crippen LogP contribution < -0.4 is 16.2 Å². The van der Waals surface area contributed by atoms with Gasteiger partial charge in [-0.25, -0.2) is 4.98 Å². The number of piperidine rings is 1. The van der Waals surface area contributed by atoms with E-state index >= 15 is 0 Å². The first kappa shape index (κ1) is 20.5. The smallest absolute Gasteiger partial charge is 0.259 e. The molecule has 2 N–H and O–H groups in total. The van der Waals surface area contributed by atoms with E-state index in [2.05, 4.69) is 11.8 Å². The number of nitrogens with zero attached hydrogens (tertiary/aromatic N) is 3. The molecule has 5 nitrogen and oxygen atoms in total. The van der Waals surface area contributed by atoms with E-state index in [1.807, 2.05) is 24.3 Å². The van der Waals surface area contributed by atoms with Gasteiger partial charge in [0.1, 0.15) is 11.5 Å². The summed E-state index contributed by atoms with van der Waals surface area (Å²) in [7, 11) is 0. The first-order valence-corrected chi connectivity index (χ1v) is 11.1. The zero-order chi connectivity index (χ0) is 20.6. The van der Waals surface area contributed by atoms with Crippen LogP contribution in [0.1, 0.15) is 19.8 Å². The third-order valence-corrected chi connectivity index (χ3v) is 7.52. The number of hydrogen-bond donors (Lipinski definition) is 1. The maximum Gasteiger partial charge on any atom is 0.259 e. The second-order valence-electron chi connectivity index (χ2n) is 7.70. The van der Waals surface area contributed by atoms with Crippen molar-refractivity contribution in [2.24, 2.45) is 11.1 Å². The predicted molar refractivity (Wildman–Crippen MR) is 121 cm³/mol. The molecule has 1 aromatic carbocycles. The van der Waals surface area contributed by atoms with Crippen molar-refractivity contribution in [3.63, 3.8) is 0 Å². The Hall–Kier alpha value is -1.73. The Morgan fingerprint density at radius 3 is 2.69 bits per heavy atom. The van der Waals surface area contributed by atoms with Crippen LogP contribution in [0.5, 0.6) is 0 Å². The molecule has 1 aliphatic heterocycles. The predicted octanol–water partition coefficient (Wildman–Crippen LogP) is 4.72. The fourth-order valence-corrected chi connectivity index (χ4v) is 4.83. The lowest BCUT2D eigenvalue weighted by Gasteiger charge is -2.39. The lowest BCUT2D eigenvalue weighted by Crippen LogP contribution is -2.43. The summed E-state index contributed by atoms with van der Waals surface area (Å²) in [6.07, 6.45) is 3.79. The molecule has 1 fully saturated rings. The molecule has 0 spiro atoms. The highest BCUT2D eigenvalue weighted by atomic mass is 35.5. The molecule has 0 atom stereocenters. The minimum atomic E-state index is -0.100. The molecule has 1 saturated heterocycles. The van der Waals surface area contributed by atoms with Crippen LogP contribution in [-0.2, 0) is 0 Å². The highest BCUT2D eigenvalue weighted by Gasteiger charge is 2.29. The molecule has 3 heterocycles. The molecule has 0 unspecified atom stereocenters. The van der Waals surface area contributed by atoms with Crippen LogP contribution in [0.25, 0.3) is 5.65 Å². The summed E-state index contributed by atoms with van der Waals surface area (Å²) in [5.41, 5.74) is 6.60. The number of benzene rings is 1. The van der Waals surface area contributed by atoms with Crippen molar-refractivity contribution in [2.45, 2.75) is 29.6 Å². The van der Waals surface area contributed by atoms with Gasteiger partial charge in [0.05, 0.1) is 10.0 Å². The van der Waals surface area contributed by atoms with Gasteiger partial charge >= 0.3 is 0 Å². The van der Waals surface area contributed by atoms with Crippen molar-refractivity contribution in [3.8, 4) is 0 Å². The minimum Gasteiger partial charge on any atom is -0.356 e. The molecular formula is C21H22Cl2N4OS. The van der Waals surface area contributed by atoms with Crippen molar-refractivity contribution in [3.05, 3.63) is 63.0 Å². The van der Waals surface area contributed by atoms with Gasteiger partial charge in [0.15, 0.2) is 0 Å². The van der Waals surface area contributed by atoms with Gasteiger partial charge in [-0.1, -0.05) is 48.0 Å². The molecule has 4 rings (SSSR count). The van der Waals surface area contributed by atoms with Crippen LogP contribution in [0.15, 0.2) is 57.2 Å². The molecule has 0 radical (unpaired) electrons. The fraction of sp³-hybridized carbons (Fsp3) is 0.333. The maximum atomic E-state index is 12.8. The number of hydrogen-bond acceptors (Lipinski definition) is 5. The lowest BCUT2D eigenvalue weighted by molar-refractivity contribution is 0.258. The van der Waals surface area contributed by atoms with E-state index < -0.39 is 0 Å². The van der Waals surface area contributed by atoms with Crippen molar-refractivity contribution >= 4 is 46.4 Å². The fourth-order valence-electron chi connectivity index (χ4n) is 3.46. The summed E-state index contributed by atoms with van der Waals surface area (Å²) >= 11 is 13.8. The molecule has 0 bridgehead atoms. The largest absolute Gasteiger partial charge is 0.356 e. The summed E-state index contributed by atoms with van der Waals surface area (Å²) in [4.78, 5) is 21.4. The van der Waals surface area contributed by atoms with Crippen LogP contribution in [0, 0.1) is 5.41 Å². The van der Waals surface area contributed by atoms with Crippen molar-refractivity contribution in [1.82, 2.24) is 9.38 Å². The van der Waals surface area contributed by atoms with Crippen LogP contribution in [0.3, 0.4) is 0 Å². The first-order chi connectivity index (χ1) is 13.9. The van der Waals surface area contributed by atoms with E-state index in [-0.39, 0.29) is 11.0 Å². The number of pyridine rings is 1. The Kier molecular flexibility index (Phi) is 5.80. The Balaban J connectivity index is 1.61. The third-order valence-electron chi connectivity index (χ3n) is 5.55.